The number of rotatable bonds is 2. The Morgan fingerprint density at radius 2 is 2.19 bits per heavy atom. The van der Waals surface area contributed by atoms with Gasteiger partial charge in [0.05, 0.1) is 6.04 Å². The van der Waals surface area contributed by atoms with Crippen molar-refractivity contribution in [2.45, 2.75) is 19.9 Å². The van der Waals surface area contributed by atoms with Gasteiger partial charge in [0.25, 0.3) is 0 Å². The Kier molecular flexibility index (Phi) is 2.66. The van der Waals surface area contributed by atoms with Crippen molar-refractivity contribution in [2.24, 2.45) is 5.73 Å². The zero-order valence-corrected chi connectivity index (χ0v) is 9.27. The first-order valence-corrected chi connectivity index (χ1v) is 5.10. The lowest BCUT2D eigenvalue weighted by atomic mass is 10.1. The van der Waals surface area contributed by atoms with Gasteiger partial charge >= 0.3 is 0 Å². The van der Waals surface area contributed by atoms with E-state index in [-0.39, 0.29) is 11.8 Å². The van der Waals surface area contributed by atoms with Crippen LogP contribution in [0.3, 0.4) is 0 Å². The maximum atomic E-state index is 9.40. The molecule has 1 aromatic carbocycles. The van der Waals surface area contributed by atoms with Gasteiger partial charge in [-0.1, -0.05) is 12.1 Å². The summed E-state index contributed by atoms with van der Waals surface area (Å²) in [5.74, 6) is 1.43. The quantitative estimate of drug-likeness (QED) is 0.811. The highest BCUT2D eigenvalue weighted by Gasteiger charge is 2.14. The number of hydrogen-bond donors (Lipinski definition) is 2. The van der Waals surface area contributed by atoms with E-state index >= 15 is 0 Å². The molecule has 0 saturated carbocycles. The fourth-order valence-corrected chi connectivity index (χ4v) is 1.53. The van der Waals surface area contributed by atoms with Gasteiger partial charge in [-0.15, -0.1) is 0 Å². The SMILES string of the molecule is Cc1oc(C(C)N)nc1-c1cccc(O)c1. The number of nitrogens with zero attached hydrogens (tertiary/aromatic N) is 1. The molecule has 0 bridgehead atoms. The fraction of sp³-hybridized carbons (Fsp3) is 0.250. The molecular weight excluding hydrogens is 204 g/mol. The highest BCUT2D eigenvalue weighted by Crippen LogP contribution is 2.27. The Labute approximate surface area is 93.7 Å². The molecule has 1 atom stereocenters. The van der Waals surface area contributed by atoms with E-state index < -0.39 is 0 Å². The van der Waals surface area contributed by atoms with Crippen LogP contribution in [-0.2, 0) is 0 Å². The number of aryl methyl sites for hydroxylation is 1. The Bertz CT molecular complexity index is 503. The number of phenolic OH excluding ortho intramolecular Hbond substituents is 1. The van der Waals surface area contributed by atoms with E-state index in [0.29, 0.717) is 11.7 Å². The number of aromatic hydroxyl groups is 1. The molecule has 0 radical (unpaired) electrons. The molecule has 4 heteroatoms. The molecular formula is C12H14N2O2. The lowest BCUT2D eigenvalue weighted by Gasteiger charge is -1.98. The van der Waals surface area contributed by atoms with Crippen molar-refractivity contribution in [3.05, 3.63) is 35.9 Å². The minimum atomic E-state index is -0.232. The molecule has 2 aromatic rings. The van der Waals surface area contributed by atoms with Crippen LogP contribution in [-0.4, -0.2) is 10.1 Å². The van der Waals surface area contributed by atoms with Gasteiger partial charge in [0.1, 0.15) is 17.2 Å². The topological polar surface area (TPSA) is 72.3 Å². The summed E-state index contributed by atoms with van der Waals surface area (Å²) in [7, 11) is 0. The van der Waals surface area contributed by atoms with Crippen LogP contribution in [0.2, 0.25) is 0 Å². The molecule has 84 valence electrons. The lowest BCUT2D eigenvalue weighted by molar-refractivity contribution is 0.444. The first-order chi connectivity index (χ1) is 7.58. The Morgan fingerprint density at radius 3 is 2.75 bits per heavy atom. The van der Waals surface area contributed by atoms with E-state index in [1.165, 1.54) is 0 Å². The maximum Gasteiger partial charge on any atom is 0.211 e. The van der Waals surface area contributed by atoms with Gasteiger partial charge in [-0.05, 0) is 26.0 Å². The standard InChI is InChI=1S/C12H14N2O2/c1-7(13)12-14-11(8(2)16-12)9-4-3-5-10(15)6-9/h3-7,15H,13H2,1-2H3. The normalized spacial score (nSPS) is 12.7. The number of nitrogens with two attached hydrogens (primary N) is 1. The monoisotopic (exact) mass is 218 g/mol. The Morgan fingerprint density at radius 1 is 1.44 bits per heavy atom. The van der Waals surface area contributed by atoms with Crippen molar-refractivity contribution in [1.82, 2.24) is 4.98 Å². The maximum absolute atomic E-state index is 9.40. The smallest absolute Gasteiger partial charge is 0.211 e. The molecule has 0 spiro atoms. The van der Waals surface area contributed by atoms with Crippen LogP contribution in [0, 0.1) is 6.92 Å². The molecule has 0 aliphatic rings. The van der Waals surface area contributed by atoms with Gasteiger partial charge in [-0.2, -0.15) is 0 Å². The van der Waals surface area contributed by atoms with Gasteiger partial charge in [-0.25, -0.2) is 4.98 Å². The fourth-order valence-electron chi connectivity index (χ4n) is 1.53. The van der Waals surface area contributed by atoms with Crippen molar-refractivity contribution in [1.29, 1.82) is 0 Å². The third kappa shape index (κ3) is 1.92. The summed E-state index contributed by atoms with van der Waals surface area (Å²) in [5.41, 5.74) is 7.25. The van der Waals surface area contributed by atoms with Crippen molar-refractivity contribution in [3.63, 3.8) is 0 Å². The second-order valence-electron chi connectivity index (χ2n) is 3.80. The van der Waals surface area contributed by atoms with Crippen molar-refractivity contribution in [2.75, 3.05) is 0 Å². The number of oxazole rings is 1. The van der Waals surface area contributed by atoms with Crippen LogP contribution < -0.4 is 5.73 Å². The molecule has 16 heavy (non-hydrogen) atoms. The molecule has 0 saturated heterocycles. The summed E-state index contributed by atoms with van der Waals surface area (Å²) >= 11 is 0. The zero-order valence-electron chi connectivity index (χ0n) is 9.27. The van der Waals surface area contributed by atoms with Gasteiger partial charge in [0, 0.05) is 5.56 Å². The second-order valence-corrected chi connectivity index (χ2v) is 3.80. The summed E-state index contributed by atoms with van der Waals surface area (Å²) in [5, 5.41) is 9.40. The largest absolute Gasteiger partial charge is 0.508 e. The summed E-state index contributed by atoms with van der Waals surface area (Å²) in [6, 6.07) is 6.67. The molecule has 0 aliphatic carbocycles. The molecule has 0 aliphatic heterocycles. The van der Waals surface area contributed by atoms with E-state index in [2.05, 4.69) is 4.98 Å². The first kappa shape index (κ1) is 10.7. The van der Waals surface area contributed by atoms with Crippen molar-refractivity contribution in [3.8, 4) is 17.0 Å². The van der Waals surface area contributed by atoms with Crippen LogP contribution in [0.1, 0.15) is 24.6 Å². The van der Waals surface area contributed by atoms with Crippen LogP contribution in [0.15, 0.2) is 28.7 Å². The summed E-state index contributed by atoms with van der Waals surface area (Å²) in [4.78, 5) is 4.32. The van der Waals surface area contributed by atoms with Crippen LogP contribution in [0.4, 0.5) is 0 Å². The van der Waals surface area contributed by atoms with E-state index in [9.17, 15) is 5.11 Å². The van der Waals surface area contributed by atoms with Gasteiger partial charge in [-0.3, -0.25) is 0 Å². The highest BCUT2D eigenvalue weighted by atomic mass is 16.4. The lowest BCUT2D eigenvalue weighted by Crippen LogP contribution is -2.04. The van der Waals surface area contributed by atoms with Crippen LogP contribution in [0.5, 0.6) is 5.75 Å². The molecule has 3 N–H and O–H groups in total. The van der Waals surface area contributed by atoms with Gasteiger partial charge in [0.2, 0.25) is 5.89 Å². The third-order valence-corrected chi connectivity index (χ3v) is 2.32. The molecule has 1 unspecified atom stereocenters. The molecule has 2 rings (SSSR count). The highest BCUT2D eigenvalue weighted by molar-refractivity contribution is 5.62. The summed E-state index contributed by atoms with van der Waals surface area (Å²) < 4.78 is 5.45. The van der Waals surface area contributed by atoms with E-state index in [0.717, 1.165) is 11.3 Å². The zero-order chi connectivity index (χ0) is 11.7. The number of benzene rings is 1. The third-order valence-electron chi connectivity index (χ3n) is 2.32. The number of aromatic nitrogens is 1. The van der Waals surface area contributed by atoms with E-state index in [4.69, 9.17) is 10.2 Å². The minimum absolute atomic E-state index is 0.210. The Hall–Kier alpha value is -1.81. The average molecular weight is 218 g/mol. The number of phenols is 1. The molecule has 1 heterocycles. The van der Waals surface area contributed by atoms with E-state index in [1.54, 1.807) is 18.2 Å². The molecule has 0 fully saturated rings. The average Bonchev–Trinajstić information content (AvgIpc) is 2.60. The predicted molar refractivity (Wildman–Crippen MR) is 60.9 cm³/mol. The Balaban J connectivity index is 2.48. The second kappa shape index (κ2) is 3.98. The number of hydrogen-bond acceptors (Lipinski definition) is 4. The van der Waals surface area contributed by atoms with Gasteiger partial charge in [0.15, 0.2) is 0 Å². The van der Waals surface area contributed by atoms with E-state index in [1.807, 2.05) is 19.9 Å². The predicted octanol–water partition coefficient (Wildman–Crippen LogP) is 2.38. The summed E-state index contributed by atoms with van der Waals surface area (Å²) in [6.07, 6.45) is 0. The van der Waals surface area contributed by atoms with Gasteiger partial charge < -0.3 is 15.3 Å². The van der Waals surface area contributed by atoms with Crippen molar-refractivity contribution >= 4 is 0 Å². The molecule has 0 amide bonds. The first-order valence-electron chi connectivity index (χ1n) is 5.10. The van der Waals surface area contributed by atoms with Crippen LogP contribution >= 0.6 is 0 Å². The van der Waals surface area contributed by atoms with Crippen molar-refractivity contribution < 1.29 is 9.52 Å². The molecule has 1 aromatic heterocycles. The van der Waals surface area contributed by atoms with Crippen LogP contribution in [0.25, 0.3) is 11.3 Å². The molecule has 4 nitrogen and oxygen atoms in total. The minimum Gasteiger partial charge on any atom is -0.508 e. The summed E-state index contributed by atoms with van der Waals surface area (Å²) in [6.45, 7) is 3.65.